The fourth-order valence-corrected chi connectivity index (χ4v) is 4.06. The third-order valence-electron chi connectivity index (χ3n) is 5.44. The van der Waals surface area contributed by atoms with Gasteiger partial charge in [0.05, 0.1) is 17.2 Å². The molecule has 26 heavy (non-hydrogen) atoms. The van der Waals surface area contributed by atoms with E-state index in [9.17, 15) is 19.8 Å². The van der Waals surface area contributed by atoms with Gasteiger partial charge >= 0.3 is 0 Å². The largest absolute Gasteiger partial charge is 0.382 e. The molecule has 2 fully saturated rings. The van der Waals surface area contributed by atoms with Crippen molar-refractivity contribution in [2.24, 2.45) is 0 Å². The Bertz CT molecular complexity index is 719. The first-order valence-corrected chi connectivity index (χ1v) is 9.16. The van der Waals surface area contributed by atoms with Crippen LogP contribution in [0.3, 0.4) is 0 Å². The van der Waals surface area contributed by atoms with Crippen molar-refractivity contribution in [1.29, 1.82) is 0 Å². The van der Waals surface area contributed by atoms with E-state index in [0.29, 0.717) is 29.7 Å². The lowest BCUT2D eigenvalue weighted by Crippen LogP contribution is -2.58. The fraction of sp³-hybridized carbons (Fsp3) is 0.556. The van der Waals surface area contributed by atoms with E-state index in [-0.39, 0.29) is 17.9 Å². The molecule has 0 aromatic heterocycles. The summed E-state index contributed by atoms with van der Waals surface area (Å²) >= 11 is 0. The number of carbonyl (C=O) groups excluding carboxylic acids is 2. The van der Waals surface area contributed by atoms with E-state index < -0.39 is 18.5 Å². The zero-order valence-corrected chi connectivity index (χ0v) is 14.4. The van der Waals surface area contributed by atoms with Crippen molar-refractivity contribution in [3.05, 3.63) is 29.3 Å². The molecule has 3 atom stereocenters. The van der Waals surface area contributed by atoms with Crippen molar-refractivity contribution in [3.63, 3.8) is 0 Å². The number of carbonyl (C=O) groups is 2. The smallest absolute Gasteiger partial charge is 0.264 e. The van der Waals surface area contributed by atoms with Crippen molar-refractivity contribution in [2.75, 3.05) is 18.4 Å². The van der Waals surface area contributed by atoms with Crippen LogP contribution < -0.4 is 16.0 Å². The van der Waals surface area contributed by atoms with Gasteiger partial charge in [0.15, 0.2) is 0 Å². The lowest BCUT2D eigenvalue weighted by molar-refractivity contribution is -0.0413. The Morgan fingerprint density at radius 2 is 1.81 bits per heavy atom. The summed E-state index contributed by atoms with van der Waals surface area (Å²) in [5.41, 5.74) is 1.43. The SMILES string of the molecule is O=C1c2cccc(NC3CCNCC3)c2C(=O)N1C1CCC(O)NC1O. The Morgan fingerprint density at radius 3 is 2.54 bits per heavy atom. The number of piperidine rings is 2. The summed E-state index contributed by atoms with van der Waals surface area (Å²) in [5.74, 6) is -0.773. The maximum atomic E-state index is 13.0. The van der Waals surface area contributed by atoms with Gasteiger partial charge in [-0.25, -0.2) is 0 Å². The Morgan fingerprint density at radius 1 is 1.04 bits per heavy atom. The molecule has 8 heteroatoms. The average Bonchev–Trinajstić information content (AvgIpc) is 2.88. The van der Waals surface area contributed by atoms with E-state index in [1.807, 2.05) is 6.07 Å². The second-order valence-electron chi connectivity index (χ2n) is 7.15. The molecule has 3 unspecified atom stereocenters. The quantitative estimate of drug-likeness (QED) is 0.476. The van der Waals surface area contributed by atoms with Gasteiger partial charge < -0.3 is 20.8 Å². The van der Waals surface area contributed by atoms with Gasteiger partial charge in [0.25, 0.3) is 11.8 Å². The molecule has 0 bridgehead atoms. The minimum Gasteiger partial charge on any atom is -0.382 e. The minimum absolute atomic E-state index is 0.261. The molecule has 3 aliphatic rings. The van der Waals surface area contributed by atoms with Gasteiger partial charge in [0.2, 0.25) is 0 Å². The predicted molar refractivity (Wildman–Crippen MR) is 94.6 cm³/mol. The summed E-state index contributed by atoms with van der Waals surface area (Å²) in [7, 11) is 0. The van der Waals surface area contributed by atoms with Gasteiger partial charge in [0.1, 0.15) is 12.5 Å². The third kappa shape index (κ3) is 2.99. The van der Waals surface area contributed by atoms with E-state index in [1.165, 1.54) is 0 Å². The first-order chi connectivity index (χ1) is 12.6. The Labute approximate surface area is 151 Å². The van der Waals surface area contributed by atoms with E-state index in [4.69, 9.17) is 0 Å². The second kappa shape index (κ2) is 6.96. The predicted octanol–water partition coefficient (Wildman–Crippen LogP) is -0.165. The number of nitrogens with one attached hydrogen (secondary N) is 3. The topological polar surface area (TPSA) is 114 Å². The summed E-state index contributed by atoms with van der Waals surface area (Å²) in [6.07, 6.45) is 0.681. The Hall–Kier alpha value is -2.00. The number of fused-ring (bicyclic) bond motifs is 1. The van der Waals surface area contributed by atoms with Crippen molar-refractivity contribution >= 4 is 17.5 Å². The number of amides is 2. The molecule has 1 aromatic rings. The van der Waals surface area contributed by atoms with Gasteiger partial charge in [-0.1, -0.05) is 6.07 Å². The van der Waals surface area contributed by atoms with E-state index in [2.05, 4.69) is 16.0 Å². The summed E-state index contributed by atoms with van der Waals surface area (Å²) in [6.45, 7) is 1.85. The van der Waals surface area contributed by atoms with Crippen LogP contribution in [0.4, 0.5) is 5.69 Å². The number of hydrogen-bond acceptors (Lipinski definition) is 7. The highest BCUT2D eigenvalue weighted by Gasteiger charge is 2.45. The number of rotatable bonds is 3. The highest BCUT2D eigenvalue weighted by molar-refractivity contribution is 6.24. The van der Waals surface area contributed by atoms with Crippen molar-refractivity contribution < 1.29 is 19.8 Å². The molecule has 2 amide bonds. The number of nitrogens with zero attached hydrogens (tertiary/aromatic N) is 1. The van der Waals surface area contributed by atoms with Gasteiger partial charge in [-0.3, -0.25) is 19.8 Å². The molecule has 0 saturated carbocycles. The molecule has 1 aromatic carbocycles. The lowest BCUT2D eigenvalue weighted by atomic mass is 10.0. The van der Waals surface area contributed by atoms with Crippen LogP contribution in [0.25, 0.3) is 0 Å². The Balaban J connectivity index is 1.60. The molecular formula is C18H24N4O4. The van der Waals surface area contributed by atoms with Crippen LogP contribution in [0.2, 0.25) is 0 Å². The normalized spacial score (nSPS) is 29.8. The van der Waals surface area contributed by atoms with Gasteiger partial charge in [-0.15, -0.1) is 0 Å². The standard InChI is InChI=1S/C18H24N4O4/c23-14-5-4-13(16(24)21-14)22-17(25)11-2-1-3-12(15(11)18(22)26)20-10-6-8-19-9-7-10/h1-3,10,13-14,16,19-21,23-24H,4-9H2. The maximum Gasteiger partial charge on any atom is 0.264 e. The number of aliphatic hydroxyl groups is 2. The van der Waals surface area contributed by atoms with Crippen molar-refractivity contribution in [2.45, 2.75) is 50.2 Å². The summed E-state index contributed by atoms with van der Waals surface area (Å²) in [4.78, 5) is 27.0. The molecule has 3 heterocycles. The first-order valence-electron chi connectivity index (χ1n) is 9.16. The molecule has 4 rings (SSSR count). The van der Waals surface area contributed by atoms with E-state index >= 15 is 0 Å². The van der Waals surface area contributed by atoms with Crippen LogP contribution >= 0.6 is 0 Å². The van der Waals surface area contributed by atoms with Crippen molar-refractivity contribution in [1.82, 2.24) is 15.5 Å². The maximum absolute atomic E-state index is 13.0. The summed E-state index contributed by atoms with van der Waals surface area (Å²) < 4.78 is 0. The van der Waals surface area contributed by atoms with Gasteiger partial charge in [0, 0.05) is 11.7 Å². The van der Waals surface area contributed by atoms with E-state index in [0.717, 1.165) is 30.8 Å². The molecule has 0 radical (unpaired) electrons. The number of aliphatic hydroxyl groups excluding tert-OH is 2. The monoisotopic (exact) mass is 360 g/mol. The van der Waals surface area contributed by atoms with Crippen LogP contribution in [0.1, 0.15) is 46.4 Å². The molecule has 0 spiro atoms. The van der Waals surface area contributed by atoms with E-state index in [1.54, 1.807) is 12.1 Å². The van der Waals surface area contributed by atoms with Gasteiger partial charge in [-0.05, 0) is 50.9 Å². The Kier molecular flexibility index (Phi) is 4.66. The van der Waals surface area contributed by atoms with Crippen LogP contribution in [-0.4, -0.2) is 64.6 Å². The van der Waals surface area contributed by atoms with Crippen LogP contribution in [0.15, 0.2) is 18.2 Å². The molecule has 5 N–H and O–H groups in total. The molecular weight excluding hydrogens is 336 g/mol. The highest BCUT2D eigenvalue weighted by Crippen LogP contribution is 2.33. The fourth-order valence-electron chi connectivity index (χ4n) is 4.06. The molecule has 2 saturated heterocycles. The van der Waals surface area contributed by atoms with Crippen molar-refractivity contribution in [3.8, 4) is 0 Å². The zero-order valence-electron chi connectivity index (χ0n) is 14.4. The average molecular weight is 360 g/mol. The number of hydrogen-bond donors (Lipinski definition) is 5. The van der Waals surface area contributed by atoms with Crippen LogP contribution in [0.5, 0.6) is 0 Å². The van der Waals surface area contributed by atoms with Crippen LogP contribution in [-0.2, 0) is 0 Å². The molecule has 140 valence electrons. The number of benzene rings is 1. The van der Waals surface area contributed by atoms with Gasteiger partial charge in [-0.2, -0.15) is 0 Å². The minimum atomic E-state index is -1.14. The molecule has 3 aliphatic heterocycles. The number of imide groups is 1. The third-order valence-corrected chi connectivity index (χ3v) is 5.44. The number of anilines is 1. The van der Waals surface area contributed by atoms with Crippen LogP contribution in [0, 0.1) is 0 Å². The zero-order chi connectivity index (χ0) is 18.3. The summed E-state index contributed by atoms with van der Waals surface area (Å²) in [5, 5.41) is 29.1. The first kappa shape index (κ1) is 17.4. The molecule has 8 nitrogen and oxygen atoms in total. The lowest BCUT2D eigenvalue weighted by Gasteiger charge is -2.36. The second-order valence-corrected chi connectivity index (χ2v) is 7.15. The molecule has 0 aliphatic carbocycles. The highest BCUT2D eigenvalue weighted by atomic mass is 16.3. The summed E-state index contributed by atoms with van der Waals surface area (Å²) in [6, 6.07) is 4.83.